The summed E-state index contributed by atoms with van der Waals surface area (Å²) in [5.41, 5.74) is 1.10. The zero-order valence-electron chi connectivity index (χ0n) is 22.3. The van der Waals surface area contributed by atoms with Crippen LogP contribution in [0, 0.1) is 5.82 Å². The third-order valence-corrected chi connectivity index (χ3v) is 7.24. The van der Waals surface area contributed by atoms with Crippen molar-refractivity contribution in [1.29, 1.82) is 0 Å². The van der Waals surface area contributed by atoms with E-state index in [0.29, 0.717) is 42.4 Å². The van der Waals surface area contributed by atoms with Crippen LogP contribution in [0.25, 0.3) is 0 Å². The highest BCUT2D eigenvalue weighted by Crippen LogP contribution is 2.34. The molecule has 0 unspecified atom stereocenters. The Bertz CT molecular complexity index is 1220. The van der Waals surface area contributed by atoms with Crippen molar-refractivity contribution in [3.05, 3.63) is 53.8 Å². The summed E-state index contributed by atoms with van der Waals surface area (Å²) >= 11 is 0. The van der Waals surface area contributed by atoms with Gasteiger partial charge >= 0.3 is 0 Å². The molecule has 2 aromatic carbocycles. The maximum atomic E-state index is 13.4. The molecule has 1 aliphatic heterocycles. The van der Waals surface area contributed by atoms with Gasteiger partial charge in [-0.1, -0.05) is 19.1 Å². The van der Waals surface area contributed by atoms with E-state index >= 15 is 0 Å². The van der Waals surface area contributed by atoms with Gasteiger partial charge in [0.05, 0.1) is 11.9 Å². The molecule has 1 heterocycles. The number of hydrogen-bond donors (Lipinski definition) is 1. The van der Waals surface area contributed by atoms with E-state index < -0.39 is 21.9 Å². The first-order valence-electron chi connectivity index (χ1n) is 12.7. The lowest BCUT2D eigenvalue weighted by atomic mass is 10.1. The summed E-state index contributed by atoms with van der Waals surface area (Å²) < 4.78 is 51.0. The number of rotatable bonds is 12. The van der Waals surface area contributed by atoms with Crippen molar-refractivity contribution in [1.82, 2.24) is 10.2 Å². The first kappa shape index (κ1) is 29.2. The molecule has 0 saturated heterocycles. The maximum Gasteiger partial charge on any atom is 0.243 e. The van der Waals surface area contributed by atoms with Gasteiger partial charge in [-0.25, -0.2) is 12.8 Å². The molecular weight excluding hydrogens is 513 g/mol. The predicted octanol–water partition coefficient (Wildman–Crippen LogP) is 3.48. The Morgan fingerprint density at radius 1 is 1.05 bits per heavy atom. The topological polar surface area (TPSA) is 105 Å². The lowest BCUT2D eigenvalue weighted by Gasteiger charge is -2.31. The Labute approximate surface area is 224 Å². The summed E-state index contributed by atoms with van der Waals surface area (Å²) in [6.07, 6.45) is 1.74. The van der Waals surface area contributed by atoms with Gasteiger partial charge in [-0.05, 0) is 56.5 Å². The highest BCUT2D eigenvalue weighted by molar-refractivity contribution is 7.92. The van der Waals surface area contributed by atoms with Crippen LogP contribution in [-0.4, -0.2) is 63.2 Å². The van der Waals surface area contributed by atoms with Crippen LogP contribution >= 0.6 is 0 Å². The van der Waals surface area contributed by atoms with Gasteiger partial charge in [0.25, 0.3) is 0 Å². The molecule has 1 N–H and O–H groups in total. The molecule has 9 nitrogen and oxygen atoms in total. The number of benzene rings is 2. The fourth-order valence-corrected chi connectivity index (χ4v) is 5.24. The number of hydrogen-bond acceptors (Lipinski definition) is 6. The average molecular weight is 550 g/mol. The average Bonchev–Trinajstić information content (AvgIpc) is 2.86. The first-order valence-corrected chi connectivity index (χ1v) is 14.6. The van der Waals surface area contributed by atoms with E-state index in [9.17, 15) is 22.4 Å². The van der Waals surface area contributed by atoms with Crippen LogP contribution in [0.5, 0.6) is 11.5 Å². The molecule has 0 aromatic heterocycles. The standard InChI is InChI=1S/C27H36FN3O6S/c1-5-23(27(33)29-19(2)3)30(18-20-8-10-21(28)11-9-20)26(32)7-6-14-31(38(4,34)35)22-12-13-24-25(17-22)37-16-15-36-24/h8-13,17,19,23H,5-7,14-16,18H2,1-4H3,(H,29,33)/t23-/m0/s1. The highest BCUT2D eigenvalue weighted by atomic mass is 32.2. The van der Waals surface area contributed by atoms with Gasteiger partial charge in [0, 0.05) is 31.6 Å². The number of halogens is 1. The van der Waals surface area contributed by atoms with Crippen LogP contribution in [0.2, 0.25) is 0 Å². The van der Waals surface area contributed by atoms with E-state index in [-0.39, 0.29) is 43.8 Å². The van der Waals surface area contributed by atoms with Crippen LogP contribution in [-0.2, 0) is 26.2 Å². The van der Waals surface area contributed by atoms with Gasteiger partial charge < -0.3 is 19.7 Å². The van der Waals surface area contributed by atoms with E-state index in [4.69, 9.17) is 9.47 Å². The van der Waals surface area contributed by atoms with Gasteiger partial charge in [0.15, 0.2) is 11.5 Å². The molecule has 11 heteroatoms. The van der Waals surface area contributed by atoms with Crippen LogP contribution in [0.4, 0.5) is 10.1 Å². The maximum absolute atomic E-state index is 13.4. The van der Waals surface area contributed by atoms with Crippen LogP contribution in [0.1, 0.15) is 45.6 Å². The minimum Gasteiger partial charge on any atom is -0.486 e. The summed E-state index contributed by atoms with van der Waals surface area (Å²) in [7, 11) is -3.65. The molecule has 38 heavy (non-hydrogen) atoms. The molecule has 0 saturated carbocycles. The summed E-state index contributed by atoms with van der Waals surface area (Å²) in [6, 6.07) is 9.87. The molecule has 2 amide bonds. The minimum atomic E-state index is -3.65. The smallest absolute Gasteiger partial charge is 0.243 e. The molecule has 0 aliphatic carbocycles. The number of ether oxygens (including phenoxy) is 2. The van der Waals surface area contributed by atoms with Crippen molar-refractivity contribution in [3.8, 4) is 11.5 Å². The number of fused-ring (bicyclic) bond motifs is 1. The molecule has 0 fully saturated rings. The molecule has 1 aliphatic rings. The SMILES string of the molecule is CC[C@@H](C(=O)NC(C)C)N(Cc1ccc(F)cc1)C(=O)CCCN(c1ccc2c(c1)OCCO2)S(C)(=O)=O. The zero-order chi connectivity index (χ0) is 27.9. The second kappa shape index (κ2) is 12.9. The first-order chi connectivity index (χ1) is 18.0. The fourth-order valence-electron chi connectivity index (χ4n) is 4.28. The van der Waals surface area contributed by atoms with Crippen molar-refractivity contribution in [2.24, 2.45) is 0 Å². The number of nitrogens with zero attached hydrogens (tertiary/aromatic N) is 2. The normalized spacial score (nSPS) is 13.6. The van der Waals surface area contributed by atoms with Gasteiger partial charge in [-0.3, -0.25) is 13.9 Å². The van der Waals surface area contributed by atoms with Crippen molar-refractivity contribution < 1.29 is 31.9 Å². The monoisotopic (exact) mass is 549 g/mol. The molecule has 0 bridgehead atoms. The number of sulfonamides is 1. The number of amides is 2. The Hall–Kier alpha value is -3.34. The summed E-state index contributed by atoms with van der Waals surface area (Å²) in [5, 5.41) is 2.86. The predicted molar refractivity (Wildman–Crippen MR) is 143 cm³/mol. The zero-order valence-corrected chi connectivity index (χ0v) is 23.1. The van der Waals surface area contributed by atoms with Crippen molar-refractivity contribution >= 4 is 27.5 Å². The van der Waals surface area contributed by atoms with Gasteiger partial charge in [0.2, 0.25) is 21.8 Å². The molecule has 0 spiro atoms. The number of anilines is 1. The van der Waals surface area contributed by atoms with Crippen molar-refractivity contribution in [3.63, 3.8) is 0 Å². The molecular formula is C27H36FN3O6S. The van der Waals surface area contributed by atoms with E-state index in [0.717, 1.165) is 6.26 Å². The second-order valence-electron chi connectivity index (χ2n) is 9.50. The van der Waals surface area contributed by atoms with E-state index in [2.05, 4.69) is 5.32 Å². The molecule has 0 radical (unpaired) electrons. The van der Waals surface area contributed by atoms with Gasteiger partial charge in [-0.2, -0.15) is 0 Å². The van der Waals surface area contributed by atoms with Gasteiger partial charge in [0.1, 0.15) is 25.1 Å². The Kier molecular flexibility index (Phi) is 9.96. The van der Waals surface area contributed by atoms with E-state index in [1.54, 1.807) is 30.3 Å². The number of carbonyl (C=O) groups is 2. The molecule has 1 atom stereocenters. The summed E-state index contributed by atoms with van der Waals surface area (Å²) in [6.45, 7) is 6.49. The molecule has 3 rings (SSSR count). The Balaban J connectivity index is 1.76. The lowest BCUT2D eigenvalue weighted by Crippen LogP contribution is -2.50. The minimum absolute atomic E-state index is 0.0171. The number of carbonyl (C=O) groups excluding carboxylic acids is 2. The summed E-state index contributed by atoms with van der Waals surface area (Å²) in [5.74, 6) is 0.0511. The van der Waals surface area contributed by atoms with E-state index in [1.165, 1.54) is 21.3 Å². The largest absolute Gasteiger partial charge is 0.486 e. The van der Waals surface area contributed by atoms with Crippen molar-refractivity contribution in [2.45, 2.75) is 58.7 Å². The Morgan fingerprint density at radius 2 is 1.71 bits per heavy atom. The highest BCUT2D eigenvalue weighted by Gasteiger charge is 2.29. The summed E-state index contributed by atoms with van der Waals surface area (Å²) in [4.78, 5) is 27.8. The lowest BCUT2D eigenvalue weighted by molar-refractivity contribution is -0.141. The second-order valence-corrected chi connectivity index (χ2v) is 11.4. The van der Waals surface area contributed by atoms with Crippen molar-refractivity contribution in [2.75, 3.05) is 30.3 Å². The third-order valence-electron chi connectivity index (χ3n) is 6.05. The third kappa shape index (κ3) is 7.83. The quantitative estimate of drug-likeness (QED) is 0.435. The number of nitrogens with one attached hydrogen (secondary N) is 1. The molecule has 208 valence electrons. The van der Waals surface area contributed by atoms with Crippen LogP contribution in [0.3, 0.4) is 0 Å². The van der Waals surface area contributed by atoms with Crippen LogP contribution < -0.4 is 19.1 Å². The Morgan fingerprint density at radius 3 is 2.32 bits per heavy atom. The van der Waals surface area contributed by atoms with E-state index in [1.807, 2.05) is 20.8 Å². The fraction of sp³-hybridized carbons (Fsp3) is 0.481. The van der Waals surface area contributed by atoms with Gasteiger partial charge in [-0.15, -0.1) is 0 Å². The molecule has 2 aromatic rings. The van der Waals surface area contributed by atoms with Crippen LogP contribution in [0.15, 0.2) is 42.5 Å².